The molecule has 0 fully saturated rings. The van der Waals surface area contributed by atoms with Crippen LogP contribution in [0.5, 0.6) is 0 Å². The van der Waals surface area contributed by atoms with Crippen molar-refractivity contribution in [1.29, 1.82) is 0 Å². The summed E-state index contributed by atoms with van der Waals surface area (Å²) in [7, 11) is 0. The Labute approximate surface area is 87.6 Å². The third-order valence-electron chi connectivity index (χ3n) is 2.39. The van der Waals surface area contributed by atoms with E-state index in [1.165, 1.54) is 5.56 Å². The molecule has 0 spiro atoms. The summed E-state index contributed by atoms with van der Waals surface area (Å²) in [6.45, 7) is 3.68. The van der Waals surface area contributed by atoms with E-state index in [2.05, 4.69) is 12.1 Å². The lowest BCUT2D eigenvalue weighted by Crippen LogP contribution is -2.12. The van der Waals surface area contributed by atoms with E-state index in [0.29, 0.717) is 0 Å². The van der Waals surface area contributed by atoms with Gasteiger partial charge >= 0.3 is 0 Å². The Morgan fingerprint density at radius 1 is 1.36 bits per heavy atom. The average Bonchev–Trinajstić information content (AvgIpc) is 2.19. The molecule has 0 aromatic heterocycles. The molecule has 0 amide bonds. The Morgan fingerprint density at radius 2 is 2.00 bits per heavy atom. The van der Waals surface area contributed by atoms with E-state index in [4.69, 9.17) is 1.37 Å². The fourth-order valence-corrected chi connectivity index (χ4v) is 1.43. The highest BCUT2D eigenvalue weighted by molar-refractivity contribution is 5.57. The minimum atomic E-state index is -0.491. The molecule has 1 heteroatoms. The van der Waals surface area contributed by atoms with Crippen LogP contribution in [0.4, 0.5) is 0 Å². The monoisotopic (exact) mass is 191 g/mol. The molecule has 0 atom stereocenters. The lowest BCUT2D eigenvalue weighted by atomic mass is 9.88. The summed E-state index contributed by atoms with van der Waals surface area (Å²) < 4.78 is 7.12. The summed E-state index contributed by atoms with van der Waals surface area (Å²) in [6, 6.07) is 10.2. The molecule has 0 unspecified atom stereocenters. The first kappa shape index (κ1) is 9.45. The lowest BCUT2D eigenvalue weighted by molar-refractivity contribution is -0.115. The van der Waals surface area contributed by atoms with Gasteiger partial charge in [-0.05, 0) is 24.8 Å². The predicted molar refractivity (Wildman–Crippen MR) is 59.2 cm³/mol. The molecule has 1 aromatic rings. The summed E-state index contributed by atoms with van der Waals surface area (Å²) in [5, 5.41) is 0. The predicted octanol–water partition coefficient (Wildman–Crippen LogP) is 3.23. The van der Waals surface area contributed by atoms with Gasteiger partial charge in [0.1, 0.15) is 7.63 Å². The molecule has 76 valence electrons. The number of aldehydes is 1. The van der Waals surface area contributed by atoms with E-state index in [1.807, 2.05) is 32.0 Å². The summed E-state index contributed by atoms with van der Waals surface area (Å²) in [5.41, 5.74) is 0.806. The van der Waals surface area contributed by atoms with E-state index >= 15 is 0 Å². The second kappa shape index (κ2) is 4.94. The first-order valence-electron chi connectivity index (χ1n) is 5.57. The molecule has 0 aliphatic heterocycles. The van der Waals surface area contributed by atoms with Gasteiger partial charge in [0.15, 0.2) is 0 Å². The molecule has 14 heavy (non-hydrogen) atoms. The van der Waals surface area contributed by atoms with Crippen LogP contribution in [-0.4, -0.2) is 6.26 Å². The van der Waals surface area contributed by atoms with Gasteiger partial charge in [-0.25, -0.2) is 0 Å². The van der Waals surface area contributed by atoms with Crippen molar-refractivity contribution in [3.8, 4) is 0 Å². The van der Waals surface area contributed by atoms with E-state index < -0.39 is 11.7 Å². The smallest absolute Gasteiger partial charge is 0.125 e. The molecule has 0 aliphatic carbocycles. The van der Waals surface area contributed by atoms with Gasteiger partial charge in [0.25, 0.3) is 0 Å². The van der Waals surface area contributed by atoms with E-state index in [1.54, 1.807) is 0 Å². The summed E-state index contributed by atoms with van der Waals surface area (Å²) in [5.74, 6) is 0. The van der Waals surface area contributed by atoms with Crippen LogP contribution in [-0.2, 0) is 11.2 Å². The number of hydrogen-bond donors (Lipinski definition) is 0. The number of hydrogen-bond acceptors (Lipinski definition) is 1. The summed E-state index contributed by atoms with van der Waals surface area (Å²) in [4.78, 5) is 11.0. The average molecular weight is 191 g/mol. The maximum atomic E-state index is 11.0. The van der Waals surface area contributed by atoms with Crippen molar-refractivity contribution in [2.24, 2.45) is 5.41 Å². The highest BCUT2D eigenvalue weighted by Crippen LogP contribution is 2.20. The fourth-order valence-electron chi connectivity index (χ4n) is 1.43. The van der Waals surface area contributed by atoms with Crippen molar-refractivity contribution in [3.63, 3.8) is 0 Å². The Hall–Kier alpha value is -1.11. The normalized spacial score (nSPS) is 12.3. The van der Waals surface area contributed by atoms with Crippen molar-refractivity contribution in [1.82, 2.24) is 0 Å². The van der Waals surface area contributed by atoms with E-state index in [0.717, 1.165) is 19.3 Å². The van der Waals surface area contributed by atoms with Crippen molar-refractivity contribution in [2.45, 2.75) is 33.1 Å². The molecular formula is C13H18O. The van der Waals surface area contributed by atoms with E-state index in [-0.39, 0.29) is 0 Å². The Morgan fingerprint density at radius 3 is 2.57 bits per heavy atom. The summed E-state index contributed by atoms with van der Waals surface area (Å²) in [6.07, 6.45) is 2.26. The number of rotatable bonds is 5. The molecule has 0 bridgehead atoms. The largest absolute Gasteiger partial charge is 0.303 e. The molecular weight excluding hydrogens is 172 g/mol. The fraction of sp³-hybridized carbons (Fsp3) is 0.462. The van der Waals surface area contributed by atoms with Crippen molar-refractivity contribution < 1.29 is 6.17 Å². The van der Waals surface area contributed by atoms with Gasteiger partial charge in [-0.2, -0.15) is 0 Å². The second-order valence-electron chi connectivity index (χ2n) is 4.33. The topological polar surface area (TPSA) is 17.1 Å². The van der Waals surface area contributed by atoms with Crippen molar-refractivity contribution in [2.75, 3.05) is 0 Å². The number of aryl methyl sites for hydroxylation is 1. The molecule has 0 N–H and O–H groups in total. The first-order valence-corrected chi connectivity index (χ1v) is 5.07. The Balaban J connectivity index is 2.37. The van der Waals surface area contributed by atoms with Gasteiger partial charge in [-0.15, -0.1) is 0 Å². The van der Waals surface area contributed by atoms with Crippen LogP contribution < -0.4 is 0 Å². The third kappa shape index (κ3) is 3.73. The lowest BCUT2D eigenvalue weighted by Gasteiger charge is -2.15. The maximum absolute atomic E-state index is 11.0. The van der Waals surface area contributed by atoms with Gasteiger partial charge in [0.05, 0.1) is 0 Å². The third-order valence-corrected chi connectivity index (χ3v) is 2.39. The summed E-state index contributed by atoms with van der Waals surface area (Å²) >= 11 is 0. The van der Waals surface area contributed by atoms with Gasteiger partial charge in [-0.3, -0.25) is 0 Å². The molecule has 0 saturated heterocycles. The van der Waals surface area contributed by atoms with Crippen LogP contribution in [0.3, 0.4) is 0 Å². The second-order valence-corrected chi connectivity index (χ2v) is 4.33. The van der Waals surface area contributed by atoms with Crippen LogP contribution >= 0.6 is 0 Å². The molecule has 1 rings (SSSR count). The molecule has 0 aliphatic rings. The van der Waals surface area contributed by atoms with Gasteiger partial charge in [0.2, 0.25) is 0 Å². The van der Waals surface area contributed by atoms with Crippen LogP contribution in [0.2, 0.25) is 0 Å². The minimum Gasteiger partial charge on any atom is -0.303 e. The molecule has 0 radical (unpaired) electrons. The van der Waals surface area contributed by atoms with Crippen LogP contribution in [0, 0.1) is 5.41 Å². The highest BCUT2D eigenvalue weighted by atomic mass is 16.1. The zero-order valence-corrected chi connectivity index (χ0v) is 8.92. The van der Waals surface area contributed by atoms with Crippen LogP contribution in [0.15, 0.2) is 30.3 Å². The van der Waals surface area contributed by atoms with Gasteiger partial charge < -0.3 is 4.79 Å². The van der Waals surface area contributed by atoms with Crippen molar-refractivity contribution >= 4 is 6.26 Å². The van der Waals surface area contributed by atoms with Crippen molar-refractivity contribution in [3.05, 3.63) is 35.9 Å². The van der Waals surface area contributed by atoms with Gasteiger partial charge in [0, 0.05) is 5.41 Å². The van der Waals surface area contributed by atoms with Crippen LogP contribution in [0.1, 0.15) is 33.6 Å². The quantitative estimate of drug-likeness (QED) is 0.653. The Kier molecular flexibility index (Phi) is 3.33. The molecule has 1 nitrogen and oxygen atoms in total. The Bertz CT molecular complexity index is 317. The standard InChI is InChI=1S/C13H18O/c1-13(2,11-14)10-6-9-12-7-4-3-5-8-12/h3-5,7-8,11H,6,9-10H2,1-2H3/i11D. The number of carbonyl (C=O) groups excluding carboxylic acids is 1. The molecule has 0 heterocycles. The minimum absolute atomic E-state index is 0.462. The van der Waals surface area contributed by atoms with Crippen LogP contribution in [0.25, 0.3) is 0 Å². The SMILES string of the molecule is [2H]C(=O)C(C)(C)CCCc1ccccc1. The van der Waals surface area contributed by atoms with E-state index in [9.17, 15) is 4.79 Å². The molecule has 0 saturated carbocycles. The number of carbonyl (C=O) groups is 1. The first-order chi connectivity index (χ1) is 7.02. The zero-order chi connectivity index (χ0) is 11.3. The number of benzene rings is 1. The zero-order valence-electron chi connectivity index (χ0n) is 9.92. The molecule has 1 aromatic carbocycles. The highest BCUT2D eigenvalue weighted by Gasteiger charge is 2.15. The van der Waals surface area contributed by atoms with Gasteiger partial charge in [-0.1, -0.05) is 44.2 Å². The maximum Gasteiger partial charge on any atom is 0.125 e.